The van der Waals surface area contributed by atoms with E-state index in [0.717, 1.165) is 12.8 Å². The normalized spacial score (nSPS) is 30.0. The third kappa shape index (κ3) is 2.16. The van der Waals surface area contributed by atoms with E-state index in [1.54, 1.807) is 0 Å². The number of fused-ring (bicyclic) bond motifs is 2. The summed E-state index contributed by atoms with van der Waals surface area (Å²) in [6.45, 7) is 3.25. The first-order chi connectivity index (χ1) is 10.8. The maximum atomic E-state index is 13.2. The SMILES string of the molecule is CC1CC2CCCCC2N1C(=O)c1cccc2c1OCCO2. The van der Waals surface area contributed by atoms with Crippen LogP contribution >= 0.6 is 0 Å². The minimum atomic E-state index is 0.115. The molecule has 1 saturated carbocycles. The molecule has 22 heavy (non-hydrogen) atoms. The van der Waals surface area contributed by atoms with Crippen molar-refractivity contribution in [2.75, 3.05) is 13.2 Å². The molecule has 2 aliphatic heterocycles. The summed E-state index contributed by atoms with van der Waals surface area (Å²) in [6.07, 6.45) is 6.11. The minimum Gasteiger partial charge on any atom is -0.486 e. The molecule has 0 aromatic heterocycles. The molecule has 3 atom stereocenters. The van der Waals surface area contributed by atoms with Gasteiger partial charge in [0.15, 0.2) is 11.5 Å². The van der Waals surface area contributed by atoms with Crippen LogP contribution in [-0.2, 0) is 0 Å². The molecular formula is C18H23NO3. The lowest BCUT2D eigenvalue weighted by molar-refractivity contribution is 0.0624. The van der Waals surface area contributed by atoms with Crippen LogP contribution in [0, 0.1) is 5.92 Å². The predicted octanol–water partition coefficient (Wildman–Crippen LogP) is 3.25. The zero-order chi connectivity index (χ0) is 15.1. The van der Waals surface area contributed by atoms with E-state index in [2.05, 4.69) is 11.8 Å². The van der Waals surface area contributed by atoms with Crippen molar-refractivity contribution in [1.29, 1.82) is 0 Å². The monoisotopic (exact) mass is 301 g/mol. The highest BCUT2D eigenvalue weighted by Gasteiger charge is 2.43. The molecule has 3 unspecified atom stereocenters. The molecule has 3 aliphatic rings. The van der Waals surface area contributed by atoms with Crippen molar-refractivity contribution in [3.8, 4) is 11.5 Å². The molecular weight excluding hydrogens is 278 g/mol. The van der Waals surface area contributed by atoms with Crippen LogP contribution in [-0.4, -0.2) is 36.1 Å². The van der Waals surface area contributed by atoms with Crippen molar-refractivity contribution in [2.24, 2.45) is 5.92 Å². The molecule has 0 bridgehead atoms. The molecule has 1 amide bonds. The van der Waals surface area contributed by atoms with Crippen LogP contribution in [0.5, 0.6) is 11.5 Å². The van der Waals surface area contributed by atoms with Gasteiger partial charge in [-0.1, -0.05) is 18.9 Å². The van der Waals surface area contributed by atoms with Crippen molar-refractivity contribution in [3.63, 3.8) is 0 Å². The number of amides is 1. The number of benzene rings is 1. The molecule has 2 fully saturated rings. The quantitative estimate of drug-likeness (QED) is 0.799. The third-order valence-corrected chi connectivity index (χ3v) is 5.38. The number of rotatable bonds is 1. The van der Waals surface area contributed by atoms with Crippen molar-refractivity contribution in [1.82, 2.24) is 4.90 Å². The van der Waals surface area contributed by atoms with E-state index in [0.29, 0.717) is 48.3 Å². The van der Waals surface area contributed by atoms with Gasteiger partial charge in [0, 0.05) is 12.1 Å². The predicted molar refractivity (Wildman–Crippen MR) is 83.4 cm³/mol. The molecule has 1 aliphatic carbocycles. The first-order valence-electron chi connectivity index (χ1n) is 8.47. The van der Waals surface area contributed by atoms with Gasteiger partial charge < -0.3 is 14.4 Å². The first-order valence-corrected chi connectivity index (χ1v) is 8.47. The summed E-state index contributed by atoms with van der Waals surface area (Å²) in [6, 6.07) is 6.37. The molecule has 0 radical (unpaired) electrons. The number of carbonyl (C=O) groups excluding carboxylic acids is 1. The fourth-order valence-corrected chi connectivity index (χ4v) is 4.44. The number of hydrogen-bond donors (Lipinski definition) is 0. The van der Waals surface area contributed by atoms with E-state index in [-0.39, 0.29) is 5.91 Å². The van der Waals surface area contributed by atoms with Gasteiger partial charge in [-0.25, -0.2) is 0 Å². The molecule has 4 heteroatoms. The molecule has 1 aromatic carbocycles. The van der Waals surface area contributed by atoms with Crippen molar-refractivity contribution in [2.45, 2.75) is 51.1 Å². The van der Waals surface area contributed by atoms with Crippen LogP contribution < -0.4 is 9.47 Å². The Labute approximate surface area is 131 Å². The molecule has 4 rings (SSSR count). The number of ether oxygens (including phenoxy) is 2. The van der Waals surface area contributed by atoms with Gasteiger partial charge in [0.2, 0.25) is 0 Å². The maximum absolute atomic E-state index is 13.2. The lowest BCUT2D eigenvalue weighted by atomic mass is 9.85. The van der Waals surface area contributed by atoms with Crippen molar-refractivity contribution in [3.05, 3.63) is 23.8 Å². The second-order valence-corrected chi connectivity index (χ2v) is 6.74. The summed E-state index contributed by atoms with van der Waals surface area (Å²) in [7, 11) is 0. The van der Waals surface area contributed by atoms with Gasteiger partial charge in [-0.3, -0.25) is 4.79 Å². The summed E-state index contributed by atoms with van der Waals surface area (Å²) in [5.41, 5.74) is 0.662. The summed E-state index contributed by atoms with van der Waals surface area (Å²) < 4.78 is 11.3. The zero-order valence-corrected chi connectivity index (χ0v) is 13.1. The van der Waals surface area contributed by atoms with Crippen LogP contribution in [0.4, 0.5) is 0 Å². The standard InChI is InChI=1S/C18H23NO3/c1-12-11-13-5-2-3-7-15(13)19(12)18(20)14-6-4-8-16-17(14)22-10-9-21-16/h4,6,8,12-13,15H,2-3,5,7,9-11H2,1H3. The van der Waals surface area contributed by atoms with Crippen LogP contribution in [0.15, 0.2) is 18.2 Å². The Morgan fingerprint density at radius 3 is 2.91 bits per heavy atom. The van der Waals surface area contributed by atoms with E-state index in [9.17, 15) is 4.79 Å². The zero-order valence-electron chi connectivity index (χ0n) is 13.1. The third-order valence-electron chi connectivity index (χ3n) is 5.38. The van der Waals surface area contributed by atoms with Crippen molar-refractivity contribution >= 4 is 5.91 Å². The minimum absolute atomic E-state index is 0.115. The summed E-state index contributed by atoms with van der Waals surface area (Å²) in [5, 5.41) is 0. The highest BCUT2D eigenvalue weighted by Crippen LogP contribution is 2.42. The summed E-state index contributed by atoms with van der Waals surface area (Å²) in [5.74, 6) is 2.13. The lowest BCUT2D eigenvalue weighted by Crippen LogP contribution is -2.42. The average Bonchev–Trinajstić information content (AvgIpc) is 2.89. The molecule has 4 nitrogen and oxygen atoms in total. The topological polar surface area (TPSA) is 38.8 Å². The van der Waals surface area contributed by atoms with Crippen LogP contribution in [0.25, 0.3) is 0 Å². The Morgan fingerprint density at radius 1 is 1.18 bits per heavy atom. The maximum Gasteiger partial charge on any atom is 0.258 e. The van der Waals surface area contributed by atoms with E-state index in [1.807, 2.05) is 18.2 Å². The molecule has 118 valence electrons. The number of para-hydroxylation sites is 1. The Kier molecular flexibility index (Phi) is 3.47. The highest BCUT2D eigenvalue weighted by molar-refractivity contribution is 5.98. The van der Waals surface area contributed by atoms with Crippen LogP contribution in [0.3, 0.4) is 0 Å². The van der Waals surface area contributed by atoms with E-state index in [1.165, 1.54) is 19.3 Å². The Hall–Kier alpha value is -1.71. The smallest absolute Gasteiger partial charge is 0.258 e. The molecule has 1 saturated heterocycles. The van der Waals surface area contributed by atoms with E-state index < -0.39 is 0 Å². The van der Waals surface area contributed by atoms with Crippen LogP contribution in [0.1, 0.15) is 49.4 Å². The van der Waals surface area contributed by atoms with Gasteiger partial charge in [-0.15, -0.1) is 0 Å². The number of carbonyl (C=O) groups is 1. The lowest BCUT2D eigenvalue weighted by Gasteiger charge is -2.34. The Morgan fingerprint density at radius 2 is 2.00 bits per heavy atom. The van der Waals surface area contributed by atoms with Crippen LogP contribution in [0.2, 0.25) is 0 Å². The molecule has 0 spiro atoms. The second-order valence-electron chi connectivity index (χ2n) is 6.74. The van der Waals surface area contributed by atoms with Crippen molar-refractivity contribution < 1.29 is 14.3 Å². The van der Waals surface area contributed by atoms with Gasteiger partial charge in [0.1, 0.15) is 13.2 Å². The Balaban J connectivity index is 1.67. The molecule has 1 aromatic rings. The van der Waals surface area contributed by atoms with Gasteiger partial charge in [-0.2, -0.15) is 0 Å². The average molecular weight is 301 g/mol. The number of likely N-dealkylation sites (tertiary alicyclic amines) is 1. The largest absolute Gasteiger partial charge is 0.486 e. The van der Waals surface area contributed by atoms with Gasteiger partial charge in [0.05, 0.1) is 5.56 Å². The van der Waals surface area contributed by atoms with Gasteiger partial charge in [-0.05, 0) is 44.2 Å². The highest BCUT2D eigenvalue weighted by atomic mass is 16.6. The second kappa shape index (κ2) is 5.49. The van der Waals surface area contributed by atoms with E-state index >= 15 is 0 Å². The molecule has 2 heterocycles. The number of hydrogen-bond acceptors (Lipinski definition) is 3. The first kappa shape index (κ1) is 13.9. The fourth-order valence-electron chi connectivity index (χ4n) is 4.44. The molecule has 0 N–H and O–H groups in total. The van der Waals surface area contributed by atoms with E-state index in [4.69, 9.17) is 9.47 Å². The summed E-state index contributed by atoms with van der Waals surface area (Å²) in [4.78, 5) is 15.3. The van der Waals surface area contributed by atoms with Gasteiger partial charge in [0.25, 0.3) is 5.91 Å². The van der Waals surface area contributed by atoms with Gasteiger partial charge >= 0.3 is 0 Å². The Bertz CT molecular complexity index is 586. The summed E-state index contributed by atoms with van der Waals surface area (Å²) >= 11 is 0. The number of nitrogens with zero attached hydrogens (tertiary/aromatic N) is 1. The fraction of sp³-hybridized carbons (Fsp3) is 0.611.